The maximum Gasteiger partial charge on any atom is 0.0573 e. The molecule has 2 nitrogen and oxygen atoms in total. The van der Waals surface area contributed by atoms with Gasteiger partial charge in [0.25, 0.3) is 0 Å². The highest BCUT2D eigenvalue weighted by Crippen LogP contribution is 2.04. The quantitative estimate of drug-likeness (QED) is 0.430. The fraction of sp³-hybridized carbons (Fsp3) is 0.357. The van der Waals surface area contributed by atoms with Crippen molar-refractivity contribution in [3.63, 3.8) is 0 Å². The van der Waals surface area contributed by atoms with Crippen molar-refractivity contribution in [3.05, 3.63) is 42.5 Å². The summed E-state index contributed by atoms with van der Waals surface area (Å²) in [4.78, 5) is 0. The van der Waals surface area contributed by atoms with Crippen LogP contribution in [0.1, 0.15) is 33.1 Å². The smallest absolute Gasteiger partial charge is 0.0573 e. The molecule has 0 radical (unpaired) electrons. The molecular weight excluding hydrogens is 196 g/mol. The second-order valence-corrected chi connectivity index (χ2v) is 3.78. The predicted molar refractivity (Wildman–Crippen MR) is 71.8 cm³/mol. The van der Waals surface area contributed by atoms with Crippen LogP contribution >= 0.6 is 0 Å². The monoisotopic (exact) mass is 216 g/mol. The summed E-state index contributed by atoms with van der Waals surface area (Å²) in [5.41, 5.74) is 5.04. The Bertz CT molecular complexity index is 339. The van der Waals surface area contributed by atoms with E-state index in [2.05, 4.69) is 29.6 Å². The molecule has 0 bridgehead atoms. The number of para-hydroxylation sites is 1. The minimum absolute atomic E-state index is 1.000. The van der Waals surface area contributed by atoms with Gasteiger partial charge in [0.15, 0.2) is 0 Å². The number of hydrogen-bond acceptors (Lipinski definition) is 2. The van der Waals surface area contributed by atoms with E-state index in [-0.39, 0.29) is 0 Å². The fourth-order valence-electron chi connectivity index (χ4n) is 1.28. The molecule has 86 valence electrons. The number of hydrazone groups is 1. The van der Waals surface area contributed by atoms with Gasteiger partial charge in [0.2, 0.25) is 0 Å². The third-order valence-corrected chi connectivity index (χ3v) is 2.22. The van der Waals surface area contributed by atoms with E-state index in [1.807, 2.05) is 37.3 Å². The molecule has 0 aliphatic heterocycles. The second-order valence-electron chi connectivity index (χ2n) is 3.78. The third kappa shape index (κ3) is 5.35. The van der Waals surface area contributed by atoms with Crippen LogP contribution < -0.4 is 5.43 Å². The number of rotatable bonds is 6. The van der Waals surface area contributed by atoms with Crippen molar-refractivity contribution in [2.75, 3.05) is 5.43 Å². The Kier molecular flexibility index (Phi) is 6.00. The molecule has 0 heterocycles. The number of hydrogen-bond donors (Lipinski definition) is 1. The van der Waals surface area contributed by atoms with Gasteiger partial charge in [-0.15, -0.1) is 0 Å². The maximum atomic E-state index is 4.27. The molecule has 0 saturated heterocycles. The molecule has 0 aliphatic carbocycles. The van der Waals surface area contributed by atoms with Crippen molar-refractivity contribution in [2.24, 2.45) is 5.10 Å². The molecule has 0 aliphatic rings. The summed E-state index contributed by atoms with van der Waals surface area (Å²) in [5, 5.41) is 4.27. The van der Waals surface area contributed by atoms with Crippen LogP contribution in [0, 0.1) is 0 Å². The van der Waals surface area contributed by atoms with E-state index in [1.165, 1.54) is 12.8 Å². The second kappa shape index (κ2) is 7.69. The van der Waals surface area contributed by atoms with E-state index in [9.17, 15) is 0 Å². The summed E-state index contributed by atoms with van der Waals surface area (Å²) >= 11 is 0. The zero-order valence-electron chi connectivity index (χ0n) is 10.1. The highest BCUT2D eigenvalue weighted by atomic mass is 15.3. The highest BCUT2D eigenvalue weighted by Gasteiger charge is 1.87. The Morgan fingerprint density at radius 2 is 2.06 bits per heavy atom. The summed E-state index contributed by atoms with van der Waals surface area (Å²) in [5.74, 6) is 0. The predicted octanol–water partition coefficient (Wildman–Crippen LogP) is 4.22. The first-order chi connectivity index (χ1) is 7.83. The summed E-state index contributed by atoms with van der Waals surface area (Å²) < 4.78 is 0. The average molecular weight is 216 g/mol. The van der Waals surface area contributed by atoms with Crippen molar-refractivity contribution in [1.82, 2.24) is 0 Å². The van der Waals surface area contributed by atoms with Crippen LogP contribution in [0.25, 0.3) is 0 Å². The zero-order chi connectivity index (χ0) is 11.6. The van der Waals surface area contributed by atoms with E-state index in [0.29, 0.717) is 0 Å². The molecule has 0 spiro atoms. The van der Waals surface area contributed by atoms with Crippen molar-refractivity contribution < 1.29 is 0 Å². The van der Waals surface area contributed by atoms with Gasteiger partial charge in [-0.05, 0) is 31.6 Å². The molecule has 0 aromatic heterocycles. The van der Waals surface area contributed by atoms with Gasteiger partial charge in [-0.3, -0.25) is 5.43 Å². The van der Waals surface area contributed by atoms with Crippen LogP contribution in [0.3, 0.4) is 0 Å². The lowest BCUT2D eigenvalue weighted by molar-refractivity contribution is 0.815. The van der Waals surface area contributed by atoms with Gasteiger partial charge in [0.05, 0.1) is 11.4 Å². The standard InChI is InChI=1S/C14H20N2/c1-3-4-5-7-10-13(2)15-16-14-11-8-6-9-12-14/h6-12,16H,3-5H2,1-2H3/b10-7+,15-13-. The molecule has 0 saturated carbocycles. The highest BCUT2D eigenvalue weighted by molar-refractivity contribution is 5.93. The minimum atomic E-state index is 1.000. The zero-order valence-corrected chi connectivity index (χ0v) is 10.1. The lowest BCUT2D eigenvalue weighted by Gasteiger charge is -1.99. The first kappa shape index (κ1) is 12.5. The minimum Gasteiger partial charge on any atom is -0.278 e. The van der Waals surface area contributed by atoms with Gasteiger partial charge in [0, 0.05) is 0 Å². The topological polar surface area (TPSA) is 24.4 Å². The first-order valence-electron chi connectivity index (χ1n) is 5.85. The molecule has 0 fully saturated rings. The largest absolute Gasteiger partial charge is 0.278 e. The van der Waals surface area contributed by atoms with E-state index >= 15 is 0 Å². The summed E-state index contributed by atoms with van der Waals surface area (Å²) in [6.07, 6.45) is 7.86. The van der Waals surface area contributed by atoms with Gasteiger partial charge in [-0.2, -0.15) is 5.10 Å². The SMILES string of the molecule is CCCC/C=C/C(C)=N\Nc1ccccc1. The fourth-order valence-corrected chi connectivity index (χ4v) is 1.28. The number of nitrogens with zero attached hydrogens (tertiary/aromatic N) is 1. The van der Waals surface area contributed by atoms with Crippen molar-refractivity contribution in [2.45, 2.75) is 33.1 Å². The molecular formula is C14H20N2. The Morgan fingerprint density at radius 3 is 2.75 bits per heavy atom. The molecule has 0 atom stereocenters. The number of unbranched alkanes of at least 4 members (excludes halogenated alkanes) is 2. The van der Waals surface area contributed by atoms with Crippen molar-refractivity contribution in [3.8, 4) is 0 Å². The van der Waals surface area contributed by atoms with Gasteiger partial charge >= 0.3 is 0 Å². The maximum absolute atomic E-state index is 4.27. The molecule has 1 N–H and O–H groups in total. The van der Waals surface area contributed by atoms with Gasteiger partial charge in [-0.1, -0.05) is 44.0 Å². The molecule has 2 heteroatoms. The van der Waals surface area contributed by atoms with E-state index in [1.54, 1.807) is 0 Å². The molecule has 0 amide bonds. The molecule has 16 heavy (non-hydrogen) atoms. The lowest BCUT2D eigenvalue weighted by atomic mass is 10.2. The number of allylic oxidation sites excluding steroid dienone is 2. The van der Waals surface area contributed by atoms with Crippen LogP contribution in [0.15, 0.2) is 47.6 Å². The lowest BCUT2D eigenvalue weighted by Crippen LogP contribution is -1.93. The molecule has 1 rings (SSSR count). The van der Waals surface area contributed by atoms with E-state index in [4.69, 9.17) is 0 Å². The van der Waals surface area contributed by atoms with E-state index in [0.717, 1.165) is 17.8 Å². The summed E-state index contributed by atoms with van der Waals surface area (Å²) in [6.45, 7) is 4.20. The third-order valence-electron chi connectivity index (χ3n) is 2.22. The van der Waals surface area contributed by atoms with Gasteiger partial charge in [0.1, 0.15) is 0 Å². The summed E-state index contributed by atoms with van der Waals surface area (Å²) in [6, 6.07) is 9.97. The van der Waals surface area contributed by atoms with Gasteiger partial charge < -0.3 is 0 Å². The van der Waals surface area contributed by atoms with Gasteiger partial charge in [-0.25, -0.2) is 0 Å². The first-order valence-corrected chi connectivity index (χ1v) is 5.85. The van der Waals surface area contributed by atoms with Crippen LogP contribution in [0.2, 0.25) is 0 Å². The van der Waals surface area contributed by atoms with Crippen LogP contribution in [-0.4, -0.2) is 5.71 Å². The van der Waals surface area contributed by atoms with Crippen molar-refractivity contribution in [1.29, 1.82) is 0 Å². The average Bonchev–Trinajstić information content (AvgIpc) is 2.33. The number of nitrogens with one attached hydrogen (secondary N) is 1. The summed E-state index contributed by atoms with van der Waals surface area (Å²) in [7, 11) is 0. The Hall–Kier alpha value is -1.57. The Labute approximate surface area is 98.1 Å². The molecule has 1 aromatic carbocycles. The number of benzene rings is 1. The molecule has 0 unspecified atom stereocenters. The van der Waals surface area contributed by atoms with Crippen LogP contribution in [0.4, 0.5) is 5.69 Å². The van der Waals surface area contributed by atoms with E-state index < -0.39 is 0 Å². The Morgan fingerprint density at radius 1 is 1.31 bits per heavy atom. The Balaban J connectivity index is 2.36. The number of anilines is 1. The van der Waals surface area contributed by atoms with Crippen molar-refractivity contribution >= 4 is 11.4 Å². The van der Waals surface area contributed by atoms with Crippen LogP contribution in [0.5, 0.6) is 0 Å². The normalized spacial score (nSPS) is 12.0. The van der Waals surface area contributed by atoms with Crippen LogP contribution in [-0.2, 0) is 0 Å². The molecule has 1 aromatic rings.